The molecule has 2 rings (SSSR count). The molecule has 0 N–H and O–H groups in total. The highest BCUT2D eigenvalue weighted by Gasteiger charge is 2.28. The predicted molar refractivity (Wildman–Crippen MR) is 93.2 cm³/mol. The second kappa shape index (κ2) is 7.17. The Morgan fingerprint density at radius 2 is 2.05 bits per heavy atom. The molecule has 2 heteroatoms. The average molecular weight is 307 g/mol. The molecule has 2 atom stereocenters. The van der Waals surface area contributed by atoms with Gasteiger partial charge in [0.2, 0.25) is 0 Å². The summed E-state index contributed by atoms with van der Waals surface area (Å²) in [5.41, 5.74) is 1.41. The summed E-state index contributed by atoms with van der Waals surface area (Å²) in [5.74, 6) is 1.32. The molecule has 1 fully saturated rings. The molecule has 0 saturated heterocycles. The zero-order valence-corrected chi connectivity index (χ0v) is 14.9. The van der Waals surface area contributed by atoms with Crippen molar-refractivity contribution < 1.29 is 4.79 Å². The lowest BCUT2D eigenvalue weighted by Gasteiger charge is -2.33. The smallest absolute Gasteiger partial charge is 0.146 e. The normalized spacial score (nSPS) is 30.4. The zero-order chi connectivity index (χ0) is 15.5. The summed E-state index contributed by atoms with van der Waals surface area (Å²) in [5, 5.41) is 0. The van der Waals surface area contributed by atoms with Crippen molar-refractivity contribution in [1.82, 2.24) is 0 Å². The molecule has 0 heterocycles. The summed E-state index contributed by atoms with van der Waals surface area (Å²) < 4.78 is 0. The highest BCUT2D eigenvalue weighted by Crippen LogP contribution is 2.47. The largest absolute Gasteiger partial charge is 0.298 e. The maximum Gasteiger partial charge on any atom is 0.146 e. The fourth-order valence-electron chi connectivity index (χ4n) is 3.50. The van der Waals surface area contributed by atoms with Crippen LogP contribution in [-0.4, -0.2) is 6.29 Å². The molecule has 0 aromatic heterocycles. The minimum absolute atomic E-state index is 0.450. The number of carbonyl (C=O) groups excluding carboxylic acids is 1. The van der Waals surface area contributed by atoms with Gasteiger partial charge in [-0.25, -0.2) is 0 Å². The molecule has 1 saturated carbocycles. The third-order valence-corrected chi connectivity index (χ3v) is 6.66. The van der Waals surface area contributed by atoms with Gasteiger partial charge in [0.15, 0.2) is 0 Å². The first kappa shape index (κ1) is 16.9. The quantitative estimate of drug-likeness (QED) is 0.460. The fraction of sp³-hybridized carbons (Fsp3) is 0.737. The van der Waals surface area contributed by atoms with E-state index in [1.165, 1.54) is 54.8 Å². The van der Waals surface area contributed by atoms with Crippen LogP contribution in [0.4, 0.5) is 0 Å². The van der Waals surface area contributed by atoms with Crippen molar-refractivity contribution in [3.8, 4) is 0 Å². The van der Waals surface area contributed by atoms with Crippen molar-refractivity contribution in [2.75, 3.05) is 0 Å². The van der Waals surface area contributed by atoms with Gasteiger partial charge < -0.3 is 0 Å². The van der Waals surface area contributed by atoms with Crippen LogP contribution in [0.3, 0.4) is 0 Å². The molecule has 1 unspecified atom stereocenters. The van der Waals surface area contributed by atoms with Gasteiger partial charge in [-0.05, 0) is 65.2 Å². The number of hydrogen-bond acceptors (Lipinski definition) is 2. The molecule has 0 spiro atoms. The maximum atomic E-state index is 11.3. The van der Waals surface area contributed by atoms with Crippen molar-refractivity contribution in [1.29, 1.82) is 0 Å². The summed E-state index contributed by atoms with van der Waals surface area (Å²) in [6.45, 7) is 9.06. The number of hydrogen-bond donors (Lipinski definition) is 0. The summed E-state index contributed by atoms with van der Waals surface area (Å²) in [4.78, 5) is 14.2. The first-order valence-electron chi connectivity index (χ1n) is 8.46. The molecule has 21 heavy (non-hydrogen) atoms. The van der Waals surface area contributed by atoms with Crippen LogP contribution in [-0.2, 0) is 4.79 Å². The Morgan fingerprint density at radius 1 is 1.33 bits per heavy atom. The standard InChI is InChI=1S/C19H30OS/c1-14-7-5-6-8-17(14)18(15(2)13-20)21-16-9-11-19(3,4)12-10-16/h9,13-14,17H,5-8,10-12H2,1-4H3/b18-15+/t14?,17-/m1/s1. The molecule has 2 aliphatic rings. The molecular formula is C19H30OS. The van der Waals surface area contributed by atoms with Gasteiger partial charge in [-0.3, -0.25) is 4.79 Å². The Labute approximate surface area is 134 Å². The first-order chi connectivity index (χ1) is 9.93. The van der Waals surface area contributed by atoms with Gasteiger partial charge in [0.1, 0.15) is 6.29 Å². The van der Waals surface area contributed by atoms with Gasteiger partial charge in [-0.2, -0.15) is 0 Å². The van der Waals surface area contributed by atoms with E-state index in [0.29, 0.717) is 11.3 Å². The molecule has 118 valence electrons. The first-order valence-corrected chi connectivity index (χ1v) is 9.27. The van der Waals surface area contributed by atoms with Gasteiger partial charge in [-0.1, -0.05) is 57.9 Å². The molecule has 0 bridgehead atoms. The van der Waals surface area contributed by atoms with Crippen molar-refractivity contribution in [3.63, 3.8) is 0 Å². The minimum Gasteiger partial charge on any atom is -0.298 e. The Hall–Kier alpha value is -0.500. The molecule has 1 nitrogen and oxygen atoms in total. The molecular weight excluding hydrogens is 276 g/mol. The van der Waals surface area contributed by atoms with E-state index in [2.05, 4.69) is 26.8 Å². The molecule has 0 amide bonds. The summed E-state index contributed by atoms with van der Waals surface area (Å²) in [7, 11) is 0. The number of allylic oxidation sites excluding steroid dienone is 4. The second-order valence-corrected chi connectivity index (χ2v) is 8.84. The minimum atomic E-state index is 0.450. The Bertz CT molecular complexity index is 444. The Morgan fingerprint density at radius 3 is 2.62 bits per heavy atom. The third-order valence-electron chi connectivity index (χ3n) is 5.19. The lowest BCUT2D eigenvalue weighted by Crippen LogP contribution is -2.19. The van der Waals surface area contributed by atoms with Crippen molar-refractivity contribution in [2.45, 2.75) is 72.6 Å². The monoisotopic (exact) mass is 306 g/mol. The lowest BCUT2D eigenvalue weighted by atomic mass is 9.79. The number of rotatable bonds is 4. The highest BCUT2D eigenvalue weighted by atomic mass is 32.2. The van der Waals surface area contributed by atoms with Crippen LogP contribution in [0.5, 0.6) is 0 Å². The van der Waals surface area contributed by atoms with Crippen LogP contribution >= 0.6 is 11.8 Å². The average Bonchev–Trinajstić information content (AvgIpc) is 2.46. The summed E-state index contributed by atoms with van der Waals surface area (Å²) in [6.07, 6.45) is 12.3. The molecule has 0 radical (unpaired) electrons. The molecule has 2 aliphatic carbocycles. The van der Waals surface area contributed by atoms with E-state index < -0.39 is 0 Å². The van der Waals surface area contributed by atoms with Crippen LogP contribution in [0.1, 0.15) is 72.6 Å². The van der Waals surface area contributed by atoms with Gasteiger partial charge in [0, 0.05) is 0 Å². The van der Waals surface area contributed by atoms with E-state index >= 15 is 0 Å². The van der Waals surface area contributed by atoms with Crippen LogP contribution in [0, 0.1) is 17.3 Å². The Kier molecular flexibility index (Phi) is 5.76. The van der Waals surface area contributed by atoms with E-state index in [-0.39, 0.29) is 0 Å². The number of carbonyl (C=O) groups is 1. The topological polar surface area (TPSA) is 17.1 Å². The molecule has 0 aromatic carbocycles. The zero-order valence-electron chi connectivity index (χ0n) is 14.1. The van der Waals surface area contributed by atoms with E-state index in [9.17, 15) is 4.79 Å². The third kappa shape index (κ3) is 4.48. The second-order valence-electron chi connectivity index (χ2n) is 7.67. The van der Waals surface area contributed by atoms with Crippen molar-refractivity contribution >= 4 is 18.0 Å². The number of aldehydes is 1. The van der Waals surface area contributed by atoms with E-state index in [1.54, 1.807) is 0 Å². The van der Waals surface area contributed by atoms with E-state index in [1.807, 2.05) is 18.7 Å². The fourth-order valence-corrected chi connectivity index (χ4v) is 4.87. The lowest BCUT2D eigenvalue weighted by molar-refractivity contribution is -0.104. The predicted octanol–water partition coefficient (Wildman–Crippen LogP) is 6.11. The molecule has 0 aliphatic heterocycles. The SMILES string of the molecule is C/C(C=O)=C(\SC1=CCC(C)(C)CC1)[C@@H]1CCCCC1C. The number of thioether (sulfide) groups is 1. The van der Waals surface area contributed by atoms with E-state index in [4.69, 9.17) is 0 Å². The van der Waals surface area contributed by atoms with Crippen LogP contribution in [0.25, 0.3) is 0 Å². The maximum absolute atomic E-state index is 11.3. The highest BCUT2D eigenvalue weighted by molar-refractivity contribution is 8.06. The van der Waals surface area contributed by atoms with E-state index in [0.717, 1.165) is 17.8 Å². The van der Waals surface area contributed by atoms with Gasteiger partial charge in [0.05, 0.1) is 0 Å². The van der Waals surface area contributed by atoms with Gasteiger partial charge >= 0.3 is 0 Å². The van der Waals surface area contributed by atoms with Crippen LogP contribution < -0.4 is 0 Å². The van der Waals surface area contributed by atoms with Crippen molar-refractivity contribution in [3.05, 3.63) is 21.5 Å². The van der Waals surface area contributed by atoms with Crippen LogP contribution in [0.15, 0.2) is 21.5 Å². The van der Waals surface area contributed by atoms with Gasteiger partial charge in [-0.15, -0.1) is 0 Å². The van der Waals surface area contributed by atoms with Crippen LogP contribution in [0.2, 0.25) is 0 Å². The van der Waals surface area contributed by atoms with Gasteiger partial charge in [0.25, 0.3) is 0 Å². The summed E-state index contributed by atoms with van der Waals surface area (Å²) in [6, 6.07) is 0. The molecule has 0 aromatic rings. The summed E-state index contributed by atoms with van der Waals surface area (Å²) >= 11 is 1.92. The van der Waals surface area contributed by atoms with Crippen molar-refractivity contribution in [2.24, 2.45) is 17.3 Å². The Balaban J connectivity index is 2.15.